The van der Waals surface area contributed by atoms with Crippen molar-refractivity contribution < 1.29 is 13.9 Å². The summed E-state index contributed by atoms with van der Waals surface area (Å²) >= 11 is 0. The fourth-order valence-electron chi connectivity index (χ4n) is 3.52. The minimum Gasteiger partial charge on any atom is -0.444 e. The monoisotopic (exact) mass is 393 g/mol. The number of halogens is 1. The summed E-state index contributed by atoms with van der Waals surface area (Å²) in [6.45, 7) is 6.16. The predicted octanol–water partition coefficient (Wildman–Crippen LogP) is 3.93. The van der Waals surface area contributed by atoms with E-state index >= 15 is 0 Å². The number of rotatable bonds is 1. The first-order valence-corrected chi connectivity index (χ1v) is 9.29. The molecule has 0 fully saturated rings. The van der Waals surface area contributed by atoms with Gasteiger partial charge in [-0.25, -0.2) is 14.2 Å². The van der Waals surface area contributed by atoms with Gasteiger partial charge in [0.05, 0.1) is 23.0 Å². The lowest BCUT2D eigenvalue weighted by Crippen LogP contribution is -2.40. The van der Waals surface area contributed by atoms with E-state index in [9.17, 15) is 14.4 Å². The quantitative estimate of drug-likeness (QED) is 0.676. The van der Waals surface area contributed by atoms with Gasteiger partial charge in [-0.05, 0) is 50.5 Å². The number of aromatic amines is 1. The number of ether oxygens (including phenoxy) is 1. The van der Waals surface area contributed by atoms with E-state index in [1.54, 1.807) is 17.0 Å². The molecule has 3 aromatic rings. The standard InChI is InChI=1S/C21H20FN5O2/c1-21(2,3)29-20(28)27-7-6-14-12(11-27)4-5-15(22)18(14)19-13(9-23)8-16-17(25-19)10-24-26-16/h4-5,8,10H,6-7,11H2,1-3H3,(H,24,26). The number of hydrogen-bond donors (Lipinski definition) is 1. The van der Waals surface area contributed by atoms with Gasteiger partial charge in [0.25, 0.3) is 0 Å². The lowest BCUT2D eigenvalue weighted by molar-refractivity contribution is 0.0224. The number of amides is 1. The molecule has 29 heavy (non-hydrogen) atoms. The van der Waals surface area contributed by atoms with Crippen molar-refractivity contribution in [1.82, 2.24) is 20.1 Å². The van der Waals surface area contributed by atoms with Crippen LogP contribution in [0.2, 0.25) is 0 Å². The predicted molar refractivity (Wildman–Crippen MR) is 104 cm³/mol. The van der Waals surface area contributed by atoms with E-state index < -0.39 is 17.5 Å². The zero-order valence-corrected chi connectivity index (χ0v) is 16.4. The van der Waals surface area contributed by atoms with Crippen LogP contribution in [0.3, 0.4) is 0 Å². The Kier molecular flexibility index (Phi) is 4.46. The number of carbonyl (C=O) groups excluding carboxylic acids is 1. The maximum Gasteiger partial charge on any atom is 0.410 e. The molecule has 1 aliphatic heterocycles. The van der Waals surface area contributed by atoms with Crippen LogP contribution < -0.4 is 0 Å². The molecule has 2 aromatic heterocycles. The van der Waals surface area contributed by atoms with E-state index in [0.717, 1.165) is 11.1 Å². The van der Waals surface area contributed by atoms with Gasteiger partial charge in [-0.3, -0.25) is 5.10 Å². The number of benzene rings is 1. The normalized spacial score (nSPS) is 13.8. The van der Waals surface area contributed by atoms with Crippen molar-refractivity contribution in [3.8, 4) is 17.3 Å². The molecule has 0 spiro atoms. The van der Waals surface area contributed by atoms with Crippen molar-refractivity contribution in [1.29, 1.82) is 5.26 Å². The molecule has 4 rings (SSSR count). The number of carbonyl (C=O) groups is 1. The number of aromatic nitrogens is 3. The number of hydrogen-bond acceptors (Lipinski definition) is 5. The van der Waals surface area contributed by atoms with Crippen LogP contribution in [-0.4, -0.2) is 38.3 Å². The lowest BCUT2D eigenvalue weighted by atomic mass is 9.91. The van der Waals surface area contributed by atoms with Gasteiger partial charge in [-0.15, -0.1) is 0 Å². The molecule has 7 nitrogen and oxygen atoms in total. The molecule has 1 aliphatic rings. The molecule has 0 atom stereocenters. The highest BCUT2D eigenvalue weighted by Gasteiger charge is 2.29. The molecule has 1 amide bonds. The summed E-state index contributed by atoms with van der Waals surface area (Å²) in [5, 5.41) is 16.3. The van der Waals surface area contributed by atoms with Crippen molar-refractivity contribution in [2.45, 2.75) is 39.3 Å². The average Bonchev–Trinajstić information content (AvgIpc) is 3.12. The third-order valence-electron chi connectivity index (χ3n) is 4.78. The minimum absolute atomic E-state index is 0.267. The van der Waals surface area contributed by atoms with Crippen molar-refractivity contribution in [3.05, 3.63) is 46.9 Å². The van der Waals surface area contributed by atoms with Crippen LogP contribution in [0.1, 0.15) is 37.5 Å². The number of nitriles is 1. The molecular weight excluding hydrogens is 373 g/mol. The smallest absolute Gasteiger partial charge is 0.410 e. The van der Waals surface area contributed by atoms with Crippen molar-refractivity contribution in [3.63, 3.8) is 0 Å². The Labute approximate surface area is 167 Å². The third kappa shape index (κ3) is 3.51. The Morgan fingerprint density at radius 3 is 2.90 bits per heavy atom. The van der Waals surface area contributed by atoms with Crippen molar-refractivity contribution >= 4 is 17.1 Å². The molecule has 3 heterocycles. The lowest BCUT2D eigenvalue weighted by Gasteiger charge is -2.32. The van der Waals surface area contributed by atoms with Crippen LogP contribution in [0.4, 0.5) is 9.18 Å². The fourth-order valence-corrected chi connectivity index (χ4v) is 3.52. The average molecular weight is 393 g/mol. The summed E-state index contributed by atoms with van der Waals surface area (Å²) in [4.78, 5) is 18.5. The fraction of sp³-hybridized carbons (Fsp3) is 0.333. The molecule has 0 bridgehead atoms. The first-order valence-electron chi connectivity index (χ1n) is 9.29. The van der Waals surface area contributed by atoms with E-state index in [2.05, 4.69) is 21.3 Å². The van der Waals surface area contributed by atoms with Crippen LogP contribution in [0.25, 0.3) is 22.3 Å². The summed E-state index contributed by atoms with van der Waals surface area (Å²) in [5.41, 5.74) is 3.04. The second-order valence-electron chi connectivity index (χ2n) is 8.01. The molecule has 1 N–H and O–H groups in total. The van der Waals surface area contributed by atoms with Crippen LogP contribution in [0, 0.1) is 17.1 Å². The summed E-state index contributed by atoms with van der Waals surface area (Å²) in [7, 11) is 0. The highest BCUT2D eigenvalue weighted by Crippen LogP contribution is 2.34. The number of fused-ring (bicyclic) bond motifs is 2. The van der Waals surface area contributed by atoms with Gasteiger partial charge >= 0.3 is 6.09 Å². The first kappa shape index (κ1) is 18.9. The Morgan fingerprint density at radius 2 is 2.17 bits per heavy atom. The molecule has 0 saturated carbocycles. The molecule has 8 heteroatoms. The van der Waals surface area contributed by atoms with Crippen LogP contribution in [0.5, 0.6) is 0 Å². The Morgan fingerprint density at radius 1 is 1.38 bits per heavy atom. The van der Waals surface area contributed by atoms with Crippen molar-refractivity contribution in [2.24, 2.45) is 0 Å². The van der Waals surface area contributed by atoms with E-state index in [0.29, 0.717) is 41.8 Å². The highest BCUT2D eigenvalue weighted by molar-refractivity contribution is 5.83. The molecular formula is C21H20FN5O2. The largest absolute Gasteiger partial charge is 0.444 e. The molecule has 1 aromatic carbocycles. The van der Waals surface area contributed by atoms with Crippen LogP contribution >= 0.6 is 0 Å². The summed E-state index contributed by atoms with van der Waals surface area (Å²) in [5.74, 6) is -0.443. The Balaban J connectivity index is 1.76. The maximum atomic E-state index is 14.9. The van der Waals surface area contributed by atoms with Gasteiger partial charge in [-0.1, -0.05) is 6.07 Å². The SMILES string of the molecule is CC(C)(C)OC(=O)N1CCc2c(ccc(F)c2-c2nc3cn[nH]c3cc2C#N)C1. The third-order valence-corrected chi connectivity index (χ3v) is 4.78. The van der Waals surface area contributed by atoms with Gasteiger partial charge in [0.15, 0.2) is 0 Å². The van der Waals surface area contributed by atoms with Gasteiger partial charge in [0.2, 0.25) is 0 Å². The van der Waals surface area contributed by atoms with E-state index in [-0.39, 0.29) is 5.56 Å². The van der Waals surface area contributed by atoms with Crippen LogP contribution in [0.15, 0.2) is 24.4 Å². The molecule has 0 saturated heterocycles. The zero-order valence-electron chi connectivity index (χ0n) is 16.4. The first-order chi connectivity index (χ1) is 13.8. The van der Waals surface area contributed by atoms with E-state index in [4.69, 9.17) is 4.74 Å². The second-order valence-corrected chi connectivity index (χ2v) is 8.01. The number of H-pyrrole nitrogens is 1. The van der Waals surface area contributed by atoms with Gasteiger partial charge < -0.3 is 9.64 Å². The van der Waals surface area contributed by atoms with Gasteiger partial charge in [-0.2, -0.15) is 10.4 Å². The van der Waals surface area contributed by atoms with Crippen molar-refractivity contribution in [2.75, 3.05) is 6.54 Å². The highest BCUT2D eigenvalue weighted by atomic mass is 19.1. The van der Waals surface area contributed by atoms with E-state index in [1.165, 1.54) is 12.3 Å². The summed E-state index contributed by atoms with van der Waals surface area (Å²) in [6.07, 6.45) is 1.58. The zero-order chi connectivity index (χ0) is 20.8. The van der Waals surface area contributed by atoms with Gasteiger partial charge in [0, 0.05) is 18.7 Å². The summed E-state index contributed by atoms with van der Waals surface area (Å²) < 4.78 is 20.4. The Bertz CT molecular complexity index is 1160. The van der Waals surface area contributed by atoms with Gasteiger partial charge in [0.1, 0.15) is 23.0 Å². The maximum absolute atomic E-state index is 14.9. The molecule has 0 radical (unpaired) electrons. The topological polar surface area (TPSA) is 94.9 Å². The Hall–Kier alpha value is -3.47. The summed E-state index contributed by atoms with van der Waals surface area (Å²) in [6, 6.07) is 6.76. The second kappa shape index (κ2) is 6.85. The van der Waals surface area contributed by atoms with Crippen LogP contribution in [-0.2, 0) is 17.7 Å². The minimum atomic E-state index is -0.586. The molecule has 0 aliphatic carbocycles. The number of pyridine rings is 1. The van der Waals surface area contributed by atoms with E-state index in [1.807, 2.05) is 20.8 Å². The number of nitrogens with zero attached hydrogens (tertiary/aromatic N) is 4. The molecule has 148 valence electrons. The molecule has 0 unspecified atom stereocenters. The number of nitrogens with one attached hydrogen (secondary N) is 1.